The van der Waals surface area contributed by atoms with Gasteiger partial charge in [0.25, 0.3) is 0 Å². The molecule has 1 amide bonds. The van der Waals surface area contributed by atoms with Crippen LogP contribution in [0.5, 0.6) is 0 Å². The fraction of sp³-hybridized carbons (Fsp3) is 0.278. The van der Waals surface area contributed by atoms with E-state index in [2.05, 4.69) is 46.5 Å². The van der Waals surface area contributed by atoms with Crippen molar-refractivity contribution in [3.05, 3.63) is 53.2 Å². The molecule has 6 heteroatoms. The minimum atomic E-state index is -0.00355. The van der Waals surface area contributed by atoms with E-state index in [1.54, 1.807) is 17.7 Å². The molecule has 1 N–H and O–H groups in total. The summed E-state index contributed by atoms with van der Waals surface area (Å²) in [6.07, 6.45) is 2.57. The number of thiophene rings is 1. The van der Waals surface area contributed by atoms with Crippen LogP contribution in [0.15, 0.2) is 47.1 Å². The summed E-state index contributed by atoms with van der Waals surface area (Å²) >= 11 is 3.06. The second-order valence-electron chi connectivity index (χ2n) is 5.49. The van der Waals surface area contributed by atoms with E-state index < -0.39 is 0 Å². The molecule has 0 saturated carbocycles. The first kappa shape index (κ1) is 16.9. The summed E-state index contributed by atoms with van der Waals surface area (Å²) in [5.41, 5.74) is 3.35. The van der Waals surface area contributed by atoms with Crippen molar-refractivity contribution in [3.63, 3.8) is 0 Å². The molecule has 0 radical (unpaired) electrons. The lowest BCUT2D eigenvalue weighted by Crippen LogP contribution is -2.28. The molecule has 2 aromatic heterocycles. The zero-order valence-electron chi connectivity index (χ0n) is 13.7. The van der Waals surface area contributed by atoms with E-state index in [1.807, 2.05) is 18.4 Å². The summed E-state index contributed by atoms with van der Waals surface area (Å²) in [5.74, 6) is 0.358. The average Bonchev–Trinajstić information content (AvgIpc) is 3.09. The lowest BCUT2D eigenvalue weighted by molar-refractivity contribution is -0.119. The van der Waals surface area contributed by atoms with Gasteiger partial charge in [-0.1, -0.05) is 43.0 Å². The van der Waals surface area contributed by atoms with Gasteiger partial charge in [-0.2, -0.15) is 0 Å². The molecular weight excluding hydrogens is 338 g/mol. The van der Waals surface area contributed by atoms with E-state index in [0.29, 0.717) is 5.75 Å². The summed E-state index contributed by atoms with van der Waals surface area (Å²) in [6, 6.07) is 10.3. The van der Waals surface area contributed by atoms with Crippen molar-refractivity contribution in [1.29, 1.82) is 0 Å². The highest BCUT2D eigenvalue weighted by Crippen LogP contribution is 2.28. The van der Waals surface area contributed by atoms with Crippen molar-refractivity contribution in [2.75, 3.05) is 5.75 Å². The molecule has 0 aliphatic carbocycles. The maximum atomic E-state index is 12.2. The molecule has 0 aliphatic rings. The van der Waals surface area contributed by atoms with Crippen LogP contribution in [-0.4, -0.2) is 21.6 Å². The maximum absolute atomic E-state index is 12.2. The van der Waals surface area contributed by atoms with Gasteiger partial charge in [-0.15, -0.1) is 11.3 Å². The molecule has 3 rings (SSSR count). The Labute approximate surface area is 149 Å². The standard InChI is InChI=1S/C18H19N3OS2/c1-3-13-4-6-14(7-5-13)12(2)21-16(22)10-24-18-17-15(8-9-23-17)19-11-20-18/h4-9,11-12H,3,10H2,1-2H3,(H,21,22). The van der Waals surface area contributed by atoms with Crippen molar-refractivity contribution in [3.8, 4) is 0 Å². The van der Waals surface area contributed by atoms with Crippen LogP contribution in [0, 0.1) is 0 Å². The number of carbonyl (C=O) groups is 1. The number of aryl methyl sites for hydroxylation is 1. The van der Waals surface area contributed by atoms with Gasteiger partial charge < -0.3 is 5.32 Å². The molecule has 0 saturated heterocycles. The number of carbonyl (C=O) groups excluding carboxylic acids is 1. The number of fused-ring (bicyclic) bond motifs is 1. The average molecular weight is 358 g/mol. The molecule has 1 unspecified atom stereocenters. The predicted molar refractivity (Wildman–Crippen MR) is 101 cm³/mol. The van der Waals surface area contributed by atoms with Gasteiger partial charge in [0, 0.05) is 0 Å². The first-order chi connectivity index (χ1) is 11.7. The van der Waals surface area contributed by atoms with Crippen LogP contribution in [0.25, 0.3) is 10.2 Å². The number of nitrogens with one attached hydrogen (secondary N) is 1. The van der Waals surface area contributed by atoms with Crippen LogP contribution in [-0.2, 0) is 11.2 Å². The molecule has 2 heterocycles. The van der Waals surface area contributed by atoms with Gasteiger partial charge in [0.2, 0.25) is 5.91 Å². The van der Waals surface area contributed by atoms with Crippen LogP contribution in [0.3, 0.4) is 0 Å². The lowest BCUT2D eigenvalue weighted by Gasteiger charge is -2.14. The molecular formula is C18H19N3OS2. The normalized spacial score (nSPS) is 12.2. The number of hydrogen-bond acceptors (Lipinski definition) is 5. The minimum absolute atomic E-state index is 0.00355. The molecule has 124 valence electrons. The fourth-order valence-corrected chi connectivity index (χ4v) is 4.17. The van der Waals surface area contributed by atoms with E-state index in [1.165, 1.54) is 17.3 Å². The molecule has 4 nitrogen and oxygen atoms in total. The van der Waals surface area contributed by atoms with Gasteiger partial charge >= 0.3 is 0 Å². The van der Waals surface area contributed by atoms with Gasteiger partial charge in [-0.3, -0.25) is 4.79 Å². The van der Waals surface area contributed by atoms with Crippen LogP contribution in [0.2, 0.25) is 0 Å². The Hall–Kier alpha value is -1.92. The molecule has 0 bridgehead atoms. The Bertz CT molecular complexity index is 830. The van der Waals surface area contributed by atoms with Gasteiger partial charge in [0.1, 0.15) is 11.4 Å². The fourth-order valence-electron chi connectivity index (χ4n) is 2.41. The zero-order valence-corrected chi connectivity index (χ0v) is 15.3. The molecule has 1 aromatic carbocycles. The largest absolute Gasteiger partial charge is 0.349 e. The third kappa shape index (κ3) is 3.94. The van der Waals surface area contributed by atoms with E-state index in [-0.39, 0.29) is 11.9 Å². The van der Waals surface area contributed by atoms with E-state index in [4.69, 9.17) is 0 Å². The van der Waals surface area contributed by atoms with E-state index >= 15 is 0 Å². The van der Waals surface area contributed by atoms with Crippen LogP contribution < -0.4 is 5.32 Å². The van der Waals surface area contributed by atoms with Crippen molar-refractivity contribution in [1.82, 2.24) is 15.3 Å². The number of amides is 1. The molecule has 1 atom stereocenters. The SMILES string of the molecule is CCc1ccc(C(C)NC(=O)CSc2ncnc3ccsc23)cc1. The molecule has 24 heavy (non-hydrogen) atoms. The Morgan fingerprint density at radius 3 is 2.79 bits per heavy atom. The number of thioether (sulfide) groups is 1. The molecule has 0 fully saturated rings. The maximum Gasteiger partial charge on any atom is 0.230 e. The third-order valence-electron chi connectivity index (χ3n) is 3.82. The van der Waals surface area contributed by atoms with Crippen molar-refractivity contribution in [2.45, 2.75) is 31.3 Å². The van der Waals surface area contributed by atoms with Crippen molar-refractivity contribution >= 4 is 39.2 Å². The summed E-state index contributed by atoms with van der Waals surface area (Å²) in [4.78, 5) is 20.7. The Kier molecular flexibility index (Phi) is 5.48. The van der Waals surface area contributed by atoms with Gasteiger partial charge in [0.15, 0.2) is 0 Å². The first-order valence-corrected chi connectivity index (χ1v) is 9.73. The highest BCUT2D eigenvalue weighted by molar-refractivity contribution is 8.00. The van der Waals surface area contributed by atoms with Crippen molar-refractivity contribution < 1.29 is 4.79 Å². The highest BCUT2D eigenvalue weighted by atomic mass is 32.2. The molecule has 3 aromatic rings. The molecule has 0 spiro atoms. The number of hydrogen-bond donors (Lipinski definition) is 1. The van der Waals surface area contributed by atoms with Crippen LogP contribution in [0.1, 0.15) is 31.0 Å². The second kappa shape index (κ2) is 7.77. The topological polar surface area (TPSA) is 54.9 Å². The van der Waals surface area contributed by atoms with Gasteiger partial charge in [-0.25, -0.2) is 9.97 Å². The van der Waals surface area contributed by atoms with E-state index in [9.17, 15) is 4.79 Å². The Morgan fingerprint density at radius 2 is 2.04 bits per heavy atom. The highest BCUT2D eigenvalue weighted by Gasteiger charge is 2.12. The minimum Gasteiger partial charge on any atom is -0.349 e. The zero-order chi connectivity index (χ0) is 16.9. The monoisotopic (exact) mass is 357 g/mol. The Morgan fingerprint density at radius 1 is 1.25 bits per heavy atom. The quantitative estimate of drug-likeness (QED) is 0.530. The van der Waals surface area contributed by atoms with E-state index in [0.717, 1.165) is 27.2 Å². The molecule has 0 aliphatic heterocycles. The van der Waals surface area contributed by atoms with Crippen molar-refractivity contribution in [2.24, 2.45) is 0 Å². The summed E-state index contributed by atoms with van der Waals surface area (Å²) in [5, 5.41) is 5.90. The smallest absolute Gasteiger partial charge is 0.230 e. The second-order valence-corrected chi connectivity index (χ2v) is 7.37. The summed E-state index contributed by atoms with van der Waals surface area (Å²) in [7, 11) is 0. The number of rotatable bonds is 6. The Balaban J connectivity index is 1.58. The van der Waals surface area contributed by atoms with Gasteiger partial charge in [0.05, 0.1) is 22.0 Å². The summed E-state index contributed by atoms with van der Waals surface area (Å²) in [6.45, 7) is 4.14. The predicted octanol–water partition coefficient (Wildman–Crippen LogP) is 4.22. The van der Waals surface area contributed by atoms with Crippen LogP contribution >= 0.6 is 23.1 Å². The number of nitrogens with zero attached hydrogens (tertiary/aromatic N) is 2. The van der Waals surface area contributed by atoms with Gasteiger partial charge in [-0.05, 0) is 35.9 Å². The summed E-state index contributed by atoms with van der Waals surface area (Å²) < 4.78 is 1.04. The lowest BCUT2D eigenvalue weighted by atomic mass is 10.1. The first-order valence-electron chi connectivity index (χ1n) is 7.86. The number of benzene rings is 1. The van der Waals surface area contributed by atoms with Crippen LogP contribution in [0.4, 0.5) is 0 Å². The number of aromatic nitrogens is 2. The third-order valence-corrected chi connectivity index (χ3v) is 5.84.